The molecule has 0 heterocycles. The summed E-state index contributed by atoms with van der Waals surface area (Å²) in [6.07, 6.45) is 18.0. The van der Waals surface area contributed by atoms with Gasteiger partial charge in [-0.05, 0) is 31.1 Å². The normalized spacial score (nSPS) is 25.6. The Hall–Kier alpha value is -0.260. The van der Waals surface area contributed by atoms with Crippen LogP contribution in [0.25, 0.3) is 0 Å². The summed E-state index contributed by atoms with van der Waals surface area (Å²) in [6, 6.07) is 0. The Labute approximate surface area is 103 Å². The van der Waals surface area contributed by atoms with Gasteiger partial charge >= 0.3 is 0 Å². The van der Waals surface area contributed by atoms with E-state index in [0.29, 0.717) is 0 Å². The van der Waals surface area contributed by atoms with Crippen molar-refractivity contribution in [3.63, 3.8) is 0 Å². The molecule has 1 fully saturated rings. The van der Waals surface area contributed by atoms with Crippen LogP contribution in [-0.4, -0.2) is 0 Å². The summed E-state index contributed by atoms with van der Waals surface area (Å²) < 4.78 is 0. The molecule has 1 aliphatic rings. The minimum absolute atomic E-state index is 0.967. The Balaban J connectivity index is 1.97. The van der Waals surface area contributed by atoms with E-state index in [4.69, 9.17) is 0 Å². The van der Waals surface area contributed by atoms with E-state index in [2.05, 4.69) is 19.6 Å². The first kappa shape index (κ1) is 13.8. The molecule has 0 spiro atoms. The molecule has 0 aromatic carbocycles. The lowest BCUT2D eigenvalue weighted by Gasteiger charge is -2.27. The Bertz CT molecular complexity index is 163. The van der Waals surface area contributed by atoms with E-state index in [9.17, 15) is 0 Å². The summed E-state index contributed by atoms with van der Waals surface area (Å²) in [4.78, 5) is 0. The van der Waals surface area contributed by atoms with Crippen molar-refractivity contribution in [2.75, 3.05) is 0 Å². The van der Waals surface area contributed by atoms with Crippen molar-refractivity contribution in [1.29, 1.82) is 0 Å². The molecule has 1 aliphatic carbocycles. The summed E-state index contributed by atoms with van der Waals surface area (Å²) in [5, 5.41) is 0. The lowest BCUT2D eigenvalue weighted by Crippen LogP contribution is -2.14. The van der Waals surface area contributed by atoms with E-state index in [1.165, 1.54) is 70.6 Å². The van der Waals surface area contributed by atoms with Gasteiger partial charge in [0.2, 0.25) is 0 Å². The average Bonchev–Trinajstić information content (AvgIpc) is 2.31. The molecule has 0 bridgehead atoms. The molecule has 0 atom stereocenters. The van der Waals surface area contributed by atoms with Crippen LogP contribution in [0.5, 0.6) is 0 Å². The molecule has 0 N–H and O–H groups in total. The Kier molecular flexibility index (Phi) is 7.63. The van der Waals surface area contributed by atoms with Crippen molar-refractivity contribution < 1.29 is 0 Å². The number of allylic oxidation sites excluding steroid dienone is 1. The van der Waals surface area contributed by atoms with Gasteiger partial charge in [0, 0.05) is 0 Å². The van der Waals surface area contributed by atoms with Crippen molar-refractivity contribution in [2.45, 2.75) is 77.6 Å². The molecule has 16 heavy (non-hydrogen) atoms. The molecule has 0 unspecified atom stereocenters. The van der Waals surface area contributed by atoms with Crippen LogP contribution in [0.1, 0.15) is 77.6 Å². The van der Waals surface area contributed by atoms with Gasteiger partial charge in [-0.25, -0.2) is 0 Å². The van der Waals surface area contributed by atoms with Crippen molar-refractivity contribution in [3.05, 3.63) is 12.7 Å². The number of hydrogen-bond donors (Lipinski definition) is 0. The van der Waals surface area contributed by atoms with E-state index >= 15 is 0 Å². The summed E-state index contributed by atoms with van der Waals surface area (Å²) in [7, 11) is 0. The minimum Gasteiger partial charge on any atom is -0.103 e. The molecule has 1 rings (SSSR count). The Morgan fingerprint density at radius 3 is 2.19 bits per heavy atom. The Morgan fingerprint density at radius 2 is 1.56 bits per heavy atom. The van der Waals surface area contributed by atoms with Gasteiger partial charge in [-0.15, -0.1) is 6.58 Å². The summed E-state index contributed by atoms with van der Waals surface area (Å²) in [5.74, 6) is 2.02. The molecule has 94 valence electrons. The zero-order chi connectivity index (χ0) is 11.6. The molecule has 0 aromatic heterocycles. The number of unbranched alkanes of at least 4 members (excludes halogenated alkanes) is 4. The smallest absolute Gasteiger partial charge is 0.0325 e. The fourth-order valence-corrected chi connectivity index (χ4v) is 3.03. The largest absolute Gasteiger partial charge is 0.103 e. The van der Waals surface area contributed by atoms with Gasteiger partial charge in [0.15, 0.2) is 0 Å². The van der Waals surface area contributed by atoms with Crippen LogP contribution in [0, 0.1) is 11.8 Å². The highest BCUT2D eigenvalue weighted by atomic mass is 14.2. The van der Waals surface area contributed by atoms with Gasteiger partial charge in [0.1, 0.15) is 0 Å². The van der Waals surface area contributed by atoms with Crippen LogP contribution in [0.3, 0.4) is 0 Å². The van der Waals surface area contributed by atoms with Crippen molar-refractivity contribution >= 4 is 0 Å². The van der Waals surface area contributed by atoms with Crippen LogP contribution in [0.4, 0.5) is 0 Å². The highest BCUT2D eigenvalue weighted by Gasteiger charge is 2.19. The third kappa shape index (κ3) is 5.72. The van der Waals surface area contributed by atoms with Crippen LogP contribution < -0.4 is 0 Å². The van der Waals surface area contributed by atoms with Crippen LogP contribution >= 0.6 is 0 Å². The molecule has 0 amide bonds. The highest BCUT2D eigenvalue weighted by Crippen LogP contribution is 2.33. The predicted octanol–water partition coefficient (Wildman–Crippen LogP) is 5.73. The molecule has 0 radical (unpaired) electrons. The Morgan fingerprint density at radius 1 is 0.938 bits per heavy atom. The molecule has 0 heteroatoms. The molecule has 1 saturated carbocycles. The minimum atomic E-state index is 0.967. The topological polar surface area (TPSA) is 0 Å². The molecular weight excluding hydrogens is 192 g/mol. The van der Waals surface area contributed by atoms with Gasteiger partial charge in [0.05, 0.1) is 0 Å². The maximum absolute atomic E-state index is 3.85. The third-order valence-corrected chi connectivity index (χ3v) is 4.18. The molecule has 0 aliphatic heterocycles. The highest BCUT2D eigenvalue weighted by molar-refractivity contribution is 4.78. The zero-order valence-electron chi connectivity index (χ0n) is 11.2. The third-order valence-electron chi connectivity index (χ3n) is 4.18. The van der Waals surface area contributed by atoms with E-state index in [1.807, 2.05) is 0 Å². The monoisotopic (exact) mass is 222 g/mol. The van der Waals surface area contributed by atoms with Crippen LogP contribution in [-0.2, 0) is 0 Å². The second-order valence-electron chi connectivity index (χ2n) is 5.61. The summed E-state index contributed by atoms with van der Waals surface area (Å²) >= 11 is 0. The second kappa shape index (κ2) is 8.84. The quantitative estimate of drug-likeness (QED) is 0.363. The fourth-order valence-electron chi connectivity index (χ4n) is 3.03. The molecule has 0 aromatic rings. The molecular formula is C16H30. The lowest BCUT2D eigenvalue weighted by molar-refractivity contribution is 0.259. The first-order valence-electron chi connectivity index (χ1n) is 7.47. The van der Waals surface area contributed by atoms with Gasteiger partial charge in [-0.2, -0.15) is 0 Å². The van der Waals surface area contributed by atoms with Crippen LogP contribution in [0.15, 0.2) is 12.7 Å². The number of hydrogen-bond acceptors (Lipinski definition) is 0. The average molecular weight is 222 g/mol. The van der Waals surface area contributed by atoms with Gasteiger partial charge in [-0.1, -0.05) is 64.4 Å². The van der Waals surface area contributed by atoms with Crippen molar-refractivity contribution in [2.24, 2.45) is 11.8 Å². The van der Waals surface area contributed by atoms with Crippen molar-refractivity contribution in [1.82, 2.24) is 0 Å². The number of rotatable bonds is 8. The first-order chi connectivity index (χ1) is 7.86. The van der Waals surface area contributed by atoms with E-state index in [0.717, 1.165) is 11.8 Å². The van der Waals surface area contributed by atoms with Crippen molar-refractivity contribution in [3.8, 4) is 0 Å². The second-order valence-corrected chi connectivity index (χ2v) is 5.61. The maximum Gasteiger partial charge on any atom is -0.0325 e. The standard InChI is InChI=1S/C16H30/c1-3-5-6-7-8-10-16-13-11-15(9-4-2)12-14-16/h4,15-16H,2-3,5-14H2,1H3/t15-,16-. The fraction of sp³-hybridized carbons (Fsp3) is 0.875. The summed E-state index contributed by atoms with van der Waals surface area (Å²) in [6.45, 7) is 6.14. The molecule has 0 saturated heterocycles. The lowest BCUT2D eigenvalue weighted by atomic mass is 9.78. The zero-order valence-corrected chi connectivity index (χ0v) is 11.2. The SMILES string of the molecule is C=CC[C@H]1CC[C@H](CCCCCCC)CC1. The van der Waals surface area contributed by atoms with Gasteiger partial charge in [0.25, 0.3) is 0 Å². The van der Waals surface area contributed by atoms with Crippen LogP contribution in [0.2, 0.25) is 0 Å². The maximum atomic E-state index is 3.85. The predicted molar refractivity (Wildman–Crippen MR) is 73.6 cm³/mol. The molecule has 0 nitrogen and oxygen atoms in total. The van der Waals surface area contributed by atoms with E-state index < -0.39 is 0 Å². The van der Waals surface area contributed by atoms with E-state index in [1.54, 1.807) is 0 Å². The first-order valence-corrected chi connectivity index (χ1v) is 7.47. The van der Waals surface area contributed by atoms with E-state index in [-0.39, 0.29) is 0 Å². The summed E-state index contributed by atoms with van der Waals surface area (Å²) in [5.41, 5.74) is 0. The van der Waals surface area contributed by atoms with Gasteiger partial charge < -0.3 is 0 Å². The van der Waals surface area contributed by atoms with Gasteiger partial charge in [-0.3, -0.25) is 0 Å².